The van der Waals surface area contributed by atoms with Gasteiger partial charge in [-0.15, -0.1) is 5.10 Å². The van der Waals surface area contributed by atoms with Crippen molar-refractivity contribution in [1.82, 2.24) is 14.8 Å². The van der Waals surface area contributed by atoms with Crippen molar-refractivity contribution in [1.29, 1.82) is 0 Å². The van der Waals surface area contributed by atoms with Crippen LogP contribution in [0.4, 0.5) is 5.95 Å². The van der Waals surface area contributed by atoms with Crippen molar-refractivity contribution in [2.75, 3.05) is 5.73 Å². The van der Waals surface area contributed by atoms with Gasteiger partial charge in [-0.3, -0.25) is 4.68 Å². The molecule has 78 valence electrons. The minimum absolute atomic E-state index is 0.0907. The molecule has 0 amide bonds. The van der Waals surface area contributed by atoms with Crippen LogP contribution < -0.4 is 5.73 Å². The molecule has 1 aromatic heterocycles. The van der Waals surface area contributed by atoms with Crippen molar-refractivity contribution < 1.29 is 5.11 Å². The zero-order chi connectivity index (χ0) is 9.97. The van der Waals surface area contributed by atoms with Crippen LogP contribution in [0.5, 0.6) is 0 Å². The lowest BCUT2D eigenvalue weighted by molar-refractivity contribution is 0.103. The Hall–Kier alpha value is -1.10. The fourth-order valence-corrected chi connectivity index (χ4v) is 1.99. The van der Waals surface area contributed by atoms with Gasteiger partial charge in [0.05, 0.1) is 6.10 Å². The van der Waals surface area contributed by atoms with Gasteiger partial charge in [-0.1, -0.05) is 0 Å². The molecule has 14 heavy (non-hydrogen) atoms. The van der Waals surface area contributed by atoms with E-state index in [0.717, 1.165) is 32.2 Å². The predicted octanol–water partition coefficient (Wildman–Crippen LogP) is 0.411. The van der Waals surface area contributed by atoms with E-state index in [4.69, 9.17) is 5.73 Å². The number of aromatic nitrogens is 3. The first-order valence-electron chi connectivity index (χ1n) is 5.07. The molecule has 1 aliphatic rings. The molecule has 3 N–H and O–H groups in total. The van der Waals surface area contributed by atoms with Crippen LogP contribution in [-0.2, 0) is 6.54 Å². The van der Waals surface area contributed by atoms with E-state index in [1.54, 1.807) is 11.0 Å². The molecule has 0 atom stereocenters. The topological polar surface area (TPSA) is 77.0 Å². The Morgan fingerprint density at radius 3 is 2.71 bits per heavy atom. The summed E-state index contributed by atoms with van der Waals surface area (Å²) in [6, 6.07) is 0. The number of nitrogen functional groups attached to an aromatic ring is 1. The fourth-order valence-electron chi connectivity index (χ4n) is 1.99. The maximum Gasteiger partial charge on any atom is 0.239 e. The monoisotopic (exact) mass is 196 g/mol. The summed E-state index contributed by atoms with van der Waals surface area (Å²) in [6.45, 7) is 0.872. The molecule has 0 unspecified atom stereocenters. The average Bonchev–Trinajstić information content (AvgIpc) is 2.56. The lowest BCUT2D eigenvalue weighted by Gasteiger charge is -2.24. The highest BCUT2D eigenvalue weighted by molar-refractivity contribution is 5.09. The van der Waals surface area contributed by atoms with Crippen molar-refractivity contribution in [3.63, 3.8) is 0 Å². The molecule has 1 aromatic rings. The highest BCUT2D eigenvalue weighted by Gasteiger charge is 2.19. The Morgan fingerprint density at radius 2 is 2.14 bits per heavy atom. The Balaban J connectivity index is 1.86. The number of hydrogen-bond acceptors (Lipinski definition) is 4. The van der Waals surface area contributed by atoms with Crippen molar-refractivity contribution in [3.8, 4) is 0 Å². The van der Waals surface area contributed by atoms with Crippen LogP contribution in [0.1, 0.15) is 25.7 Å². The lowest BCUT2D eigenvalue weighted by Crippen LogP contribution is -2.21. The summed E-state index contributed by atoms with van der Waals surface area (Å²) in [5, 5.41) is 13.4. The molecule has 2 rings (SSSR count). The lowest BCUT2D eigenvalue weighted by atomic mass is 9.87. The van der Waals surface area contributed by atoms with Crippen LogP contribution in [0.25, 0.3) is 0 Å². The first-order chi connectivity index (χ1) is 6.74. The van der Waals surface area contributed by atoms with Gasteiger partial charge in [0.25, 0.3) is 0 Å². The summed E-state index contributed by atoms with van der Waals surface area (Å²) in [6.07, 6.45) is 5.54. The molecule has 5 nitrogen and oxygen atoms in total. The molecule has 0 spiro atoms. The Kier molecular flexibility index (Phi) is 2.67. The average molecular weight is 196 g/mol. The third-order valence-electron chi connectivity index (χ3n) is 2.82. The van der Waals surface area contributed by atoms with Gasteiger partial charge in [-0.2, -0.15) is 0 Å². The van der Waals surface area contributed by atoms with Crippen molar-refractivity contribution in [3.05, 3.63) is 6.33 Å². The Morgan fingerprint density at radius 1 is 1.43 bits per heavy atom. The van der Waals surface area contributed by atoms with Crippen LogP contribution in [0, 0.1) is 5.92 Å². The Bertz CT molecular complexity index is 291. The summed E-state index contributed by atoms with van der Waals surface area (Å²) < 4.78 is 1.79. The second-order valence-corrected chi connectivity index (χ2v) is 4.00. The maximum atomic E-state index is 9.34. The molecule has 1 aliphatic carbocycles. The molecule has 0 aromatic carbocycles. The largest absolute Gasteiger partial charge is 0.393 e. The molecular weight excluding hydrogens is 180 g/mol. The van der Waals surface area contributed by atoms with Gasteiger partial charge in [0, 0.05) is 6.54 Å². The summed E-state index contributed by atoms with van der Waals surface area (Å²) in [5.74, 6) is 0.945. The van der Waals surface area contributed by atoms with Crippen molar-refractivity contribution in [2.45, 2.75) is 38.3 Å². The summed E-state index contributed by atoms with van der Waals surface area (Å²) >= 11 is 0. The summed E-state index contributed by atoms with van der Waals surface area (Å²) in [4.78, 5) is 3.88. The second-order valence-electron chi connectivity index (χ2n) is 4.00. The molecule has 0 saturated heterocycles. The summed E-state index contributed by atoms with van der Waals surface area (Å²) in [7, 11) is 0. The number of rotatable bonds is 2. The van der Waals surface area contributed by atoms with Crippen LogP contribution in [0.3, 0.4) is 0 Å². The Labute approximate surface area is 82.9 Å². The molecule has 1 fully saturated rings. The van der Waals surface area contributed by atoms with E-state index in [1.165, 1.54) is 0 Å². The van der Waals surface area contributed by atoms with E-state index >= 15 is 0 Å². The number of aliphatic hydroxyl groups is 1. The molecule has 5 heteroatoms. The second kappa shape index (κ2) is 3.96. The zero-order valence-corrected chi connectivity index (χ0v) is 8.13. The van der Waals surface area contributed by atoms with Gasteiger partial charge in [0.1, 0.15) is 6.33 Å². The van der Waals surface area contributed by atoms with E-state index in [-0.39, 0.29) is 6.10 Å². The predicted molar refractivity (Wildman–Crippen MR) is 52.4 cm³/mol. The van der Waals surface area contributed by atoms with Gasteiger partial charge in [-0.05, 0) is 31.6 Å². The maximum absolute atomic E-state index is 9.34. The zero-order valence-electron chi connectivity index (χ0n) is 8.13. The quantitative estimate of drug-likeness (QED) is 0.718. The number of aliphatic hydroxyl groups excluding tert-OH is 1. The van der Waals surface area contributed by atoms with Crippen LogP contribution in [0.2, 0.25) is 0 Å². The van der Waals surface area contributed by atoms with E-state index in [1.807, 2.05) is 0 Å². The molecule has 1 heterocycles. The van der Waals surface area contributed by atoms with Gasteiger partial charge in [0.2, 0.25) is 5.95 Å². The third kappa shape index (κ3) is 2.23. The minimum atomic E-state index is -0.0907. The summed E-state index contributed by atoms with van der Waals surface area (Å²) in [5.41, 5.74) is 5.42. The number of anilines is 1. The van der Waals surface area contributed by atoms with Crippen molar-refractivity contribution in [2.24, 2.45) is 5.92 Å². The number of nitrogens with zero attached hydrogens (tertiary/aromatic N) is 3. The van der Waals surface area contributed by atoms with Gasteiger partial charge < -0.3 is 10.8 Å². The van der Waals surface area contributed by atoms with Crippen LogP contribution in [-0.4, -0.2) is 26.0 Å². The van der Waals surface area contributed by atoms with Crippen LogP contribution >= 0.6 is 0 Å². The van der Waals surface area contributed by atoms with Gasteiger partial charge >= 0.3 is 0 Å². The minimum Gasteiger partial charge on any atom is -0.393 e. The first kappa shape index (κ1) is 9.45. The highest BCUT2D eigenvalue weighted by atomic mass is 16.3. The van der Waals surface area contributed by atoms with E-state index in [0.29, 0.717) is 11.9 Å². The van der Waals surface area contributed by atoms with E-state index in [2.05, 4.69) is 10.1 Å². The third-order valence-corrected chi connectivity index (χ3v) is 2.82. The van der Waals surface area contributed by atoms with Crippen molar-refractivity contribution >= 4 is 5.95 Å². The fraction of sp³-hybridized carbons (Fsp3) is 0.778. The number of nitrogens with two attached hydrogens (primary N) is 1. The standard InChI is InChI=1S/C9H16N4O/c10-9-11-6-13(12-9)5-7-1-3-8(14)4-2-7/h6-8,14H,1-5H2,(H2,10,12). The molecule has 0 aliphatic heterocycles. The first-order valence-corrected chi connectivity index (χ1v) is 5.07. The normalized spacial score (nSPS) is 27.8. The smallest absolute Gasteiger partial charge is 0.239 e. The van der Waals surface area contributed by atoms with Gasteiger partial charge in [0.15, 0.2) is 0 Å². The van der Waals surface area contributed by atoms with E-state index < -0.39 is 0 Å². The van der Waals surface area contributed by atoms with E-state index in [9.17, 15) is 5.11 Å². The van der Waals surface area contributed by atoms with Gasteiger partial charge in [-0.25, -0.2) is 4.98 Å². The molecular formula is C9H16N4O. The highest BCUT2D eigenvalue weighted by Crippen LogP contribution is 2.25. The number of hydrogen-bond donors (Lipinski definition) is 2. The SMILES string of the molecule is Nc1ncn(CC2CCC(O)CC2)n1. The molecule has 0 radical (unpaired) electrons. The molecule has 0 bridgehead atoms. The van der Waals surface area contributed by atoms with Crippen LogP contribution in [0.15, 0.2) is 6.33 Å². The molecule has 1 saturated carbocycles.